The summed E-state index contributed by atoms with van der Waals surface area (Å²) in [5.74, 6) is -0.924. The molecule has 7 nitrogen and oxygen atoms in total. The number of carbonyl (C=O) groups is 1. The Hall–Kier alpha value is -3.04. The quantitative estimate of drug-likeness (QED) is 0.317. The molecule has 2 aromatic carbocycles. The number of methoxy groups -OCH3 is 1. The minimum absolute atomic E-state index is 0.148. The Balaban J connectivity index is 1.72. The average Bonchev–Trinajstić information content (AvgIpc) is 2.71. The summed E-state index contributed by atoms with van der Waals surface area (Å²) < 4.78 is 25.2. The molecular formula is C19H13BrClFN4O3. The lowest BCUT2D eigenvalue weighted by Crippen LogP contribution is -2.17. The van der Waals surface area contributed by atoms with Crippen molar-refractivity contribution in [2.75, 3.05) is 7.11 Å². The van der Waals surface area contributed by atoms with E-state index in [4.69, 9.17) is 21.1 Å². The third-order valence-electron chi connectivity index (χ3n) is 3.54. The summed E-state index contributed by atoms with van der Waals surface area (Å²) in [6.07, 6.45) is 2.34. The highest BCUT2D eigenvalue weighted by atomic mass is 79.9. The zero-order valence-electron chi connectivity index (χ0n) is 14.9. The zero-order valence-corrected chi connectivity index (χ0v) is 17.2. The number of hydrazone groups is 1. The summed E-state index contributed by atoms with van der Waals surface area (Å²) in [6.45, 7) is 0. The fraction of sp³-hybridized carbons (Fsp3) is 0.0526. The molecule has 0 radical (unpaired) electrons. The molecule has 3 aromatic rings. The standard InChI is InChI=1S/C19H13BrClFN4O3/c1-28-16-7-11(9-24-26-17(27)12-3-2-4-13(20)8-12)5-6-15(16)29-18-14(22)10-23-19(21)25-18/h2-10H,1H3,(H,26,27). The molecule has 0 aliphatic heterocycles. The number of nitrogens with one attached hydrogen (secondary N) is 1. The fourth-order valence-corrected chi connectivity index (χ4v) is 2.74. The lowest BCUT2D eigenvalue weighted by atomic mass is 10.2. The number of hydrogen-bond acceptors (Lipinski definition) is 6. The predicted octanol–water partition coefficient (Wildman–Crippen LogP) is 4.60. The van der Waals surface area contributed by atoms with E-state index in [1.165, 1.54) is 13.3 Å². The van der Waals surface area contributed by atoms with Gasteiger partial charge in [-0.3, -0.25) is 4.79 Å². The van der Waals surface area contributed by atoms with Crippen molar-refractivity contribution in [1.82, 2.24) is 15.4 Å². The summed E-state index contributed by atoms with van der Waals surface area (Å²) in [4.78, 5) is 19.3. The van der Waals surface area contributed by atoms with E-state index in [1.807, 2.05) is 6.07 Å². The van der Waals surface area contributed by atoms with Gasteiger partial charge in [-0.25, -0.2) is 10.4 Å². The number of rotatable bonds is 6. The first-order chi connectivity index (χ1) is 14.0. The van der Waals surface area contributed by atoms with Crippen LogP contribution in [0.1, 0.15) is 15.9 Å². The van der Waals surface area contributed by atoms with E-state index in [1.54, 1.807) is 36.4 Å². The number of aromatic nitrogens is 2. The maximum absolute atomic E-state index is 13.8. The number of carbonyl (C=O) groups excluding carboxylic acids is 1. The highest BCUT2D eigenvalue weighted by Crippen LogP contribution is 2.32. The third kappa shape index (κ3) is 5.49. The van der Waals surface area contributed by atoms with E-state index in [-0.39, 0.29) is 22.8 Å². The Morgan fingerprint density at radius 3 is 2.86 bits per heavy atom. The second-order valence-corrected chi connectivity index (χ2v) is 6.77. The Labute approximate surface area is 178 Å². The number of ether oxygens (including phenoxy) is 2. The van der Waals surface area contributed by atoms with E-state index in [0.29, 0.717) is 16.9 Å². The van der Waals surface area contributed by atoms with Crippen LogP contribution in [0.25, 0.3) is 0 Å². The number of benzene rings is 2. The molecule has 1 amide bonds. The first-order valence-electron chi connectivity index (χ1n) is 8.09. The highest BCUT2D eigenvalue weighted by Gasteiger charge is 2.12. The lowest BCUT2D eigenvalue weighted by molar-refractivity contribution is 0.0955. The van der Waals surface area contributed by atoms with Crippen LogP contribution in [0.4, 0.5) is 4.39 Å². The SMILES string of the molecule is COc1cc(C=NNC(=O)c2cccc(Br)c2)ccc1Oc1nc(Cl)ncc1F. The van der Waals surface area contributed by atoms with E-state index in [0.717, 1.165) is 10.7 Å². The predicted molar refractivity (Wildman–Crippen MR) is 109 cm³/mol. The first-order valence-corrected chi connectivity index (χ1v) is 9.26. The number of hydrogen-bond donors (Lipinski definition) is 1. The molecule has 0 unspecified atom stereocenters. The van der Waals surface area contributed by atoms with Gasteiger partial charge in [0, 0.05) is 10.0 Å². The summed E-state index contributed by atoms with van der Waals surface area (Å²) in [7, 11) is 1.43. The second-order valence-electron chi connectivity index (χ2n) is 5.51. The van der Waals surface area contributed by atoms with Gasteiger partial charge in [-0.05, 0) is 53.6 Å². The van der Waals surface area contributed by atoms with Gasteiger partial charge in [-0.2, -0.15) is 14.5 Å². The van der Waals surface area contributed by atoms with Crippen molar-refractivity contribution in [3.8, 4) is 17.4 Å². The van der Waals surface area contributed by atoms with Crippen molar-refractivity contribution < 1.29 is 18.7 Å². The molecule has 1 heterocycles. The van der Waals surface area contributed by atoms with Gasteiger partial charge in [0.05, 0.1) is 19.5 Å². The van der Waals surface area contributed by atoms with Crippen LogP contribution in [0.2, 0.25) is 5.28 Å². The van der Waals surface area contributed by atoms with Crippen LogP contribution in [0.15, 0.2) is 58.2 Å². The van der Waals surface area contributed by atoms with Crippen LogP contribution in [-0.4, -0.2) is 29.2 Å². The molecule has 0 atom stereocenters. The monoisotopic (exact) mass is 478 g/mol. The van der Waals surface area contributed by atoms with Gasteiger partial charge in [-0.15, -0.1) is 0 Å². The zero-order chi connectivity index (χ0) is 20.8. The molecule has 0 aliphatic rings. The Morgan fingerprint density at radius 1 is 1.28 bits per heavy atom. The highest BCUT2D eigenvalue weighted by molar-refractivity contribution is 9.10. The van der Waals surface area contributed by atoms with Gasteiger partial charge in [0.2, 0.25) is 11.1 Å². The second kappa shape index (κ2) is 9.44. The minimum atomic E-state index is -0.766. The molecule has 0 saturated carbocycles. The summed E-state index contributed by atoms with van der Waals surface area (Å²) in [5.41, 5.74) is 3.51. The van der Waals surface area contributed by atoms with Crippen LogP contribution < -0.4 is 14.9 Å². The van der Waals surface area contributed by atoms with Crippen LogP contribution >= 0.6 is 27.5 Å². The van der Waals surface area contributed by atoms with Gasteiger partial charge in [0.15, 0.2) is 11.5 Å². The molecule has 0 fully saturated rings. The fourth-order valence-electron chi connectivity index (χ4n) is 2.22. The van der Waals surface area contributed by atoms with E-state index in [2.05, 4.69) is 36.4 Å². The van der Waals surface area contributed by atoms with E-state index < -0.39 is 5.82 Å². The molecule has 148 valence electrons. The van der Waals surface area contributed by atoms with Gasteiger partial charge >= 0.3 is 0 Å². The Morgan fingerprint density at radius 2 is 2.10 bits per heavy atom. The van der Waals surface area contributed by atoms with Crippen LogP contribution in [-0.2, 0) is 0 Å². The van der Waals surface area contributed by atoms with Gasteiger partial charge < -0.3 is 9.47 Å². The average molecular weight is 480 g/mol. The maximum Gasteiger partial charge on any atom is 0.271 e. The third-order valence-corrected chi connectivity index (χ3v) is 4.22. The van der Waals surface area contributed by atoms with Crippen molar-refractivity contribution in [3.63, 3.8) is 0 Å². The van der Waals surface area contributed by atoms with Gasteiger partial charge in [0.1, 0.15) is 0 Å². The molecule has 1 aromatic heterocycles. The maximum atomic E-state index is 13.8. The van der Waals surface area contributed by atoms with Crippen molar-refractivity contribution in [2.45, 2.75) is 0 Å². The summed E-state index contributed by atoms with van der Waals surface area (Å²) in [5, 5.41) is 3.78. The molecule has 0 aliphatic carbocycles. The number of nitrogens with zero attached hydrogens (tertiary/aromatic N) is 3. The summed E-state index contributed by atoms with van der Waals surface area (Å²) in [6, 6.07) is 11.7. The molecule has 3 rings (SSSR count). The molecule has 1 N–H and O–H groups in total. The van der Waals surface area contributed by atoms with Crippen LogP contribution in [0, 0.1) is 5.82 Å². The normalized spacial score (nSPS) is 10.8. The smallest absolute Gasteiger partial charge is 0.271 e. The molecule has 0 saturated heterocycles. The molecule has 0 bridgehead atoms. The van der Waals surface area contributed by atoms with Crippen molar-refractivity contribution in [2.24, 2.45) is 5.10 Å². The minimum Gasteiger partial charge on any atom is -0.493 e. The van der Waals surface area contributed by atoms with Gasteiger partial charge in [0.25, 0.3) is 11.8 Å². The van der Waals surface area contributed by atoms with Crippen molar-refractivity contribution >= 4 is 39.7 Å². The molecule has 29 heavy (non-hydrogen) atoms. The molecule has 0 spiro atoms. The number of halogens is 3. The largest absolute Gasteiger partial charge is 0.493 e. The molecular weight excluding hydrogens is 467 g/mol. The topological polar surface area (TPSA) is 85.7 Å². The Bertz CT molecular complexity index is 1080. The first kappa shape index (κ1) is 20.7. The van der Waals surface area contributed by atoms with E-state index in [9.17, 15) is 9.18 Å². The summed E-state index contributed by atoms with van der Waals surface area (Å²) >= 11 is 8.97. The van der Waals surface area contributed by atoms with Crippen molar-refractivity contribution in [1.29, 1.82) is 0 Å². The molecule has 10 heteroatoms. The Kier molecular flexibility index (Phi) is 6.73. The number of amides is 1. The van der Waals surface area contributed by atoms with Crippen LogP contribution in [0.5, 0.6) is 17.4 Å². The van der Waals surface area contributed by atoms with Crippen molar-refractivity contribution in [3.05, 3.63) is 75.4 Å². The van der Waals surface area contributed by atoms with E-state index >= 15 is 0 Å². The lowest BCUT2D eigenvalue weighted by Gasteiger charge is -2.10. The van der Waals surface area contributed by atoms with Gasteiger partial charge in [-0.1, -0.05) is 22.0 Å². The van der Waals surface area contributed by atoms with Crippen LogP contribution in [0.3, 0.4) is 0 Å².